The van der Waals surface area contributed by atoms with Gasteiger partial charge in [-0.25, -0.2) is 9.59 Å². The Labute approximate surface area is 273 Å². The Balaban J connectivity index is 1.22. The average molecular weight is 639 g/mol. The first-order valence-electron chi connectivity index (χ1n) is 16.5. The summed E-state index contributed by atoms with van der Waals surface area (Å²) in [5, 5.41) is 11.0. The minimum Gasteiger partial charge on any atom is -0.486 e. The Bertz CT molecular complexity index is 1450. The topological polar surface area (TPSA) is 123 Å². The van der Waals surface area contributed by atoms with E-state index in [1.807, 2.05) is 60.6 Å². The van der Waals surface area contributed by atoms with Gasteiger partial charge < -0.3 is 28.8 Å². The van der Waals surface area contributed by atoms with Crippen molar-refractivity contribution in [3.05, 3.63) is 40.7 Å². The van der Waals surface area contributed by atoms with Crippen molar-refractivity contribution in [2.24, 2.45) is 17.3 Å². The number of aromatic nitrogens is 3. The molecule has 4 fully saturated rings. The van der Waals surface area contributed by atoms with Gasteiger partial charge in [0.15, 0.2) is 0 Å². The van der Waals surface area contributed by atoms with Crippen LogP contribution in [0.5, 0.6) is 5.75 Å². The van der Waals surface area contributed by atoms with Crippen LogP contribution in [0.4, 0.5) is 4.79 Å². The highest BCUT2D eigenvalue weighted by Gasteiger charge is 2.67. The Kier molecular flexibility index (Phi) is 9.29. The van der Waals surface area contributed by atoms with Gasteiger partial charge in [0.1, 0.15) is 34.8 Å². The van der Waals surface area contributed by atoms with Crippen LogP contribution in [0.1, 0.15) is 102 Å². The third-order valence-corrected chi connectivity index (χ3v) is 9.76. The van der Waals surface area contributed by atoms with Gasteiger partial charge in [-0.05, 0) is 115 Å². The van der Waals surface area contributed by atoms with Crippen LogP contribution in [0, 0.1) is 24.2 Å². The molecule has 2 bridgehead atoms. The summed E-state index contributed by atoms with van der Waals surface area (Å²) in [5.41, 5.74) is 1.64. The number of carbonyl (C=O) groups is 2. The van der Waals surface area contributed by atoms with Gasteiger partial charge in [0, 0.05) is 6.54 Å². The second kappa shape index (κ2) is 12.5. The van der Waals surface area contributed by atoms with E-state index in [0.29, 0.717) is 60.1 Å². The first kappa shape index (κ1) is 34.2. The molecule has 4 atom stereocenters. The van der Waals surface area contributed by atoms with Crippen LogP contribution < -0.4 is 10.1 Å². The van der Waals surface area contributed by atoms with E-state index in [2.05, 4.69) is 36.4 Å². The fourth-order valence-corrected chi connectivity index (χ4v) is 7.30. The number of carbonyl (C=O) groups excluding carboxylic acids is 2. The number of aryl methyl sites for hydroxylation is 1. The summed E-state index contributed by atoms with van der Waals surface area (Å²) in [6.07, 6.45) is 5.07. The van der Waals surface area contributed by atoms with E-state index in [1.165, 1.54) is 6.42 Å². The molecule has 1 aromatic heterocycles. The van der Waals surface area contributed by atoms with Crippen LogP contribution in [0.15, 0.2) is 18.3 Å². The molecular weight excluding hydrogens is 587 g/mol. The molecule has 1 N–H and O–H groups in total. The largest absolute Gasteiger partial charge is 0.486 e. The minimum atomic E-state index is -0.668. The number of ether oxygens (including phenoxy) is 3. The SMILES string of the molecule is Cc1c(CCB2OC3CC4CC(C4(C)C)[C@]3(C)O2)ccc(OCc2cn(CCNC(=O)OC(C)(C)C)nn2)c1C(=O)OC(C)(C)C. The number of esters is 1. The minimum absolute atomic E-state index is 0.107. The number of nitrogens with one attached hydrogen (secondary N) is 1. The lowest BCUT2D eigenvalue weighted by atomic mass is 9.43. The predicted molar refractivity (Wildman–Crippen MR) is 174 cm³/mol. The molecule has 2 heterocycles. The average Bonchev–Trinajstić information content (AvgIpc) is 3.52. The second-order valence-electron chi connectivity index (χ2n) is 15.9. The highest BCUT2D eigenvalue weighted by molar-refractivity contribution is 6.45. The molecule has 11 nitrogen and oxygen atoms in total. The Morgan fingerprint density at radius 3 is 2.48 bits per heavy atom. The van der Waals surface area contributed by atoms with Crippen molar-refractivity contribution in [1.82, 2.24) is 20.3 Å². The van der Waals surface area contributed by atoms with Gasteiger partial charge in [-0.15, -0.1) is 5.10 Å². The predicted octanol–water partition coefficient (Wildman–Crippen LogP) is 5.92. The van der Waals surface area contributed by atoms with Gasteiger partial charge in [0.05, 0.1) is 24.4 Å². The molecule has 3 unspecified atom stereocenters. The monoisotopic (exact) mass is 638 g/mol. The zero-order chi connectivity index (χ0) is 33.7. The zero-order valence-electron chi connectivity index (χ0n) is 29.2. The molecule has 4 aliphatic rings. The summed E-state index contributed by atoms with van der Waals surface area (Å²) in [6, 6.07) is 3.83. The van der Waals surface area contributed by atoms with Gasteiger partial charge in [0.2, 0.25) is 0 Å². The van der Waals surface area contributed by atoms with Crippen molar-refractivity contribution in [1.29, 1.82) is 0 Å². The normalized spacial score (nSPS) is 25.0. The molecule has 0 spiro atoms. The number of hydrogen-bond acceptors (Lipinski definition) is 9. The molecular formula is C34H51BN4O7. The number of rotatable bonds is 10. The standard InChI is InChI=1S/C34H51BN4O7/c1-21-22(13-14-35-45-27-18-23-17-26(33(23,8)9)34(27,10)46-35)11-12-25(28(21)29(40)43-31(2,3)4)42-20-24-19-39(38-37-24)16-15-36-30(41)44-32(5,6)7/h11-12,19,23,26-27H,13-18,20H2,1-10H3,(H,36,41)/t23?,26?,27?,34-/m0/s1. The summed E-state index contributed by atoms with van der Waals surface area (Å²) in [4.78, 5) is 25.4. The lowest BCUT2D eigenvalue weighted by Gasteiger charge is -2.64. The van der Waals surface area contributed by atoms with Crippen molar-refractivity contribution in [3.8, 4) is 5.75 Å². The number of amides is 1. The maximum absolute atomic E-state index is 13.5. The number of hydrogen-bond donors (Lipinski definition) is 1. The van der Waals surface area contributed by atoms with Gasteiger partial charge in [-0.3, -0.25) is 4.68 Å². The molecule has 1 aromatic carbocycles. The van der Waals surface area contributed by atoms with Gasteiger partial charge >= 0.3 is 19.2 Å². The maximum Gasteiger partial charge on any atom is 0.457 e. The van der Waals surface area contributed by atoms with E-state index in [1.54, 1.807) is 10.9 Å². The molecule has 252 valence electrons. The third kappa shape index (κ3) is 7.38. The molecule has 0 radical (unpaired) electrons. The molecule has 6 rings (SSSR count). The summed E-state index contributed by atoms with van der Waals surface area (Å²) in [5.74, 6) is 1.20. The Hall–Kier alpha value is -3.12. The molecule has 3 aliphatic carbocycles. The number of alkyl carbamates (subject to hydrolysis) is 1. The first-order valence-corrected chi connectivity index (χ1v) is 16.5. The van der Waals surface area contributed by atoms with Crippen molar-refractivity contribution in [2.45, 2.75) is 131 Å². The molecule has 1 saturated heterocycles. The van der Waals surface area contributed by atoms with Crippen molar-refractivity contribution in [2.75, 3.05) is 6.54 Å². The van der Waals surface area contributed by atoms with Gasteiger partial charge in [-0.2, -0.15) is 0 Å². The number of benzene rings is 1. The van der Waals surface area contributed by atoms with Gasteiger partial charge in [0.25, 0.3) is 0 Å². The summed E-state index contributed by atoms with van der Waals surface area (Å²) >= 11 is 0. The fraction of sp³-hybridized carbons (Fsp3) is 0.706. The quantitative estimate of drug-likeness (QED) is 0.250. The number of nitrogens with zero attached hydrogens (tertiary/aromatic N) is 3. The van der Waals surface area contributed by atoms with Crippen LogP contribution in [-0.2, 0) is 38.4 Å². The smallest absolute Gasteiger partial charge is 0.457 e. The summed E-state index contributed by atoms with van der Waals surface area (Å²) < 4.78 is 31.9. The Morgan fingerprint density at radius 1 is 1.09 bits per heavy atom. The summed E-state index contributed by atoms with van der Waals surface area (Å²) in [7, 11) is -0.271. The van der Waals surface area contributed by atoms with E-state index in [9.17, 15) is 9.59 Å². The Morgan fingerprint density at radius 2 is 1.80 bits per heavy atom. The molecule has 1 amide bonds. The lowest BCUT2D eigenvalue weighted by Crippen LogP contribution is -2.65. The van der Waals surface area contributed by atoms with Crippen LogP contribution >= 0.6 is 0 Å². The van der Waals surface area contributed by atoms with Crippen molar-refractivity contribution < 1.29 is 33.1 Å². The second-order valence-corrected chi connectivity index (χ2v) is 15.9. The zero-order valence-corrected chi connectivity index (χ0v) is 29.2. The van der Waals surface area contributed by atoms with Crippen molar-refractivity contribution >= 4 is 19.2 Å². The molecule has 2 aromatic rings. The summed E-state index contributed by atoms with van der Waals surface area (Å²) in [6.45, 7) is 20.7. The van der Waals surface area contributed by atoms with E-state index in [4.69, 9.17) is 23.5 Å². The molecule has 1 aliphatic heterocycles. The van der Waals surface area contributed by atoms with Gasteiger partial charge in [-0.1, -0.05) is 25.1 Å². The molecule has 3 saturated carbocycles. The lowest BCUT2D eigenvalue weighted by molar-refractivity contribution is -0.199. The maximum atomic E-state index is 13.5. The van der Waals surface area contributed by atoms with E-state index >= 15 is 0 Å². The van der Waals surface area contributed by atoms with E-state index < -0.39 is 23.3 Å². The van der Waals surface area contributed by atoms with E-state index in [-0.39, 0.29) is 25.4 Å². The highest BCUT2D eigenvalue weighted by Crippen LogP contribution is 2.65. The molecule has 12 heteroatoms. The van der Waals surface area contributed by atoms with Crippen LogP contribution in [-0.4, -0.2) is 63.6 Å². The van der Waals surface area contributed by atoms with Crippen LogP contribution in [0.25, 0.3) is 0 Å². The fourth-order valence-electron chi connectivity index (χ4n) is 7.30. The van der Waals surface area contributed by atoms with Crippen LogP contribution in [0.2, 0.25) is 6.32 Å². The first-order chi connectivity index (χ1) is 21.4. The molecule has 46 heavy (non-hydrogen) atoms. The van der Waals surface area contributed by atoms with E-state index in [0.717, 1.165) is 17.5 Å². The highest BCUT2D eigenvalue weighted by atomic mass is 16.7. The van der Waals surface area contributed by atoms with Crippen LogP contribution in [0.3, 0.4) is 0 Å². The van der Waals surface area contributed by atoms with Crippen molar-refractivity contribution in [3.63, 3.8) is 0 Å². The third-order valence-electron chi connectivity index (χ3n) is 9.76.